The third kappa shape index (κ3) is 9.39. The Hall–Kier alpha value is -3.55. The van der Waals surface area contributed by atoms with Crippen LogP contribution in [0.1, 0.15) is 77.1 Å². The zero-order chi connectivity index (χ0) is 28.3. The summed E-state index contributed by atoms with van der Waals surface area (Å²) in [4.78, 5) is 41.7. The van der Waals surface area contributed by atoms with Crippen LogP contribution in [0.15, 0.2) is 48.5 Å². The maximum absolute atomic E-state index is 14.0. The van der Waals surface area contributed by atoms with E-state index in [1.807, 2.05) is 38.1 Å². The summed E-state index contributed by atoms with van der Waals surface area (Å²) in [5, 5.41) is 15.4. The number of hydrogen-bond acceptors (Lipinski definition) is 5. The minimum absolute atomic E-state index is 0.103. The number of benzene rings is 2. The number of phenols is 1. The second kappa shape index (κ2) is 14.4. The minimum atomic E-state index is -0.991. The summed E-state index contributed by atoms with van der Waals surface area (Å²) in [5.74, 6) is -0.563. The monoisotopic (exact) mass is 525 g/mol. The van der Waals surface area contributed by atoms with Gasteiger partial charge in [0.15, 0.2) is 0 Å². The van der Waals surface area contributed by atoms with Gasteiger partial charge in [-0.1, -0.05) is 56.7 Å². The zero-order valence-electron chi connectivity index (χ0n) is 23.5. The number of ether oxygens (including phenoxy) is 1. The molecule has 3 N–H and O–H groups in total. The molecule has 0 bridgehead atoms. The summed E-state index contributed by atoms with van der Waals surface area (Å²) in [6, 6.07) is 12.3. The quantitative estimate of drug-likeness (QED) is 0.342. The molecule has 2 aromatic rings. The lowest BCUT2D eigenvalue weighted by molar-refractivity contribution is -0.142. The summed E-state index contributed by atoms with van der Waals surface area (Å²) in [7, 11) is 0. The van der Waals surface area contributed by atoms with E-state index in [4.69, 9.17) is 4.74 Å². The van der Waals surface area contributed by atoms with Gasteiger partial charge >= 0.3 is 6.09 Å². The molecule has 2 atom stereocenters. The van der Waals surface area contributed by atoms with Crippen molar-refractivity contribution in [3.8, 4) is 5.75 Å². The molecule has 0 spiro atoms. The molecule has 3 amide bonds. The first-order valence-corrected chi connectivity index (χ1v) is 13.4. The Morgan fingerprint density at radius 3 is 2.08 bits per heavy atom. The highest BCUT2D eigenvalue weighted by Gasteiger charge is 2.35. The van der Waals surface area contributed by atoms with E-state index in [-0.39, 0.29) is 24.6 Å². The molecule has 0 aliphatic carbocycles. The number of aromatic hydroxyl groups is 1. The fourth-order valence-corrected chi connectivity index (χ4v) is 4.08. The summed E-state index contributed by atoms with van der Waals surface area (Å²) in [6.07, 6.45) is 2.06. The van der Waals surface area contributed by atoms with Crippen LogP contribution >= 0.6 is 0 Å². The van der Waals surface area contributed by atoms with Crippen molar-refractivity contribution < 1.29 is 24.2 Å². The Bertz CT molecular complexity index is 1050. The number of rotatable bonds is 12. The molecular formula is C30H43N3O5. The van der Waals surface area contributed by atoms with Crippen molar-refractivity contribution in [3.05, 3.63) is 65.2 Å². The van der Waals surface area contributed by atoms with E-state index < -0.39 is 29.7 Å². The Kier molecular flexibility index (Phi) is 11.6. The van der Waals surface area contributed by atoms with Gasteiger partial charge < -0.3 is 25.4 Å². The average Bonchev–Trinajstić information content (AvgIpc) is 2.86. The SMILES string of the molecule is CCCCNC(=O)C(c1ccc(CC)cc1)N(CC)C(=O)C(Cc1ccc(O)cc1)NC(=O)OC(C)(C)C. The van der Waals surface area contributed by atoms with E-state index in [1.54, 1.807) is 32.9 Å². The van der Waals surface area contributed by atoms with E-state index in [1.165, 1.54) is 17.0 Å². The number of unbranched alkanes of at least 4 members (excludes halogenated alkanes) is 1. The van der Waals surface area contributed by atoms with Gasteiger partial charge in [0, 0.05) is 19.5 Å². The molecule has 0 aliphatic heterocycles. The molecule has 8 heteroatoms. The van der Waals surface area contributed by atoms with Gasteiger partial charge in [0.25, 0.3) is 0 Å². The van der Waals surface area contributed by atoms with Gasteiger partial charge in [-0.3, -0.25) is 9.59 Å². The predicted molar refractivity (Wildman–Crippen MR) is 149 cm³/mol. The van der Waals surface area contributed by atoms with E-state index >= 15 is 0 Å². The third-order valence-corrected chi connectivity index (χ3v) is 6.08. The fraction of sp³-hybridized carbons (Fsp3) is 0.500. The van der Waals surface area contributed by atoms with E-state index in [9.17, 15) is 19.5 Å². The number of alkyl carbamates (subject to hydrolysis) is 1. The lowest BCUT2D eigenvalue weighted by Crippen LogP contribution is -2.53. The lowest BCUT2D eigenvalue weighted by atomic mass is 9.99. The maximum Gasteiger partial charge on any atom is 0.408 e. The van der Waals surface area contributed by atoms with Crippen LogP contribution in [-0.4, -0.2) is 52.6 Å². The van der Waals surface area contributed by atoms with Gasteiger partial charge in [-0.2, -0.15) is 0 Å². The van der Waals surface area contributed by atoms with Crippen molar-refractivity contribution in [3.63, 3.8) is 0 Å². The smallest absolute Gasteiger partial charge is 0.408 e. The average molecular weight is 526 g/mol. The van der Waals surface area contributed by atoms with Crippen molar-refractivity contribution in [2.24, 2.45) is 0 Å². The van der Waals surface area contributed by atoms with E-state index in [0.717, 1.165) is 30.4 Å². The van der Waals surface area contributed by atoms with Crippen molar-refractivity contribution >= 4 is 17.9 Å². The van der Waals surface area contributed by atoms with Crippen LogP contribution in [0.5, 0.6) is 5.75 Å². The molecule has 38 heavy (non-hydrogen) atoms. The normalized spacial score (nSPS) is 12.8. The molecular weight excluding hydrogens is 482 g/mol. The van der Waals surface area contributed by atoms with Crippen molar-refractivity contribution in [2.45, 2.75) is 84.9 Å². The first-order chi connectivity index (χ1) is 18.0. The van der Waals surface area contributed by atoms with Crippen LogP contribution in [0.4, 0.5) is 4.79 Å². The largest absolute Gasteiger partial charge is 0.508 e. The molecule has 2 unspecified atom stereocenters. The standard InChI is InChI=1S/C30H43N3O5/c1-7-10-19-31-27(35)26(23-15-11-21(8-2)12-16-23)33(9-3)28(36)25(32-29(37)38-30(4,5)6)20-22-13-17-24(34)18-14-22/h11-18,25-26,34H,7-10,19-20H2,1-6H3,(H,31,35)(H,32,37). The molecule has 2 rings (SSSR count). The van der Waals surface area contributed by atoms with E-state index in [2.05, 4.69) is 17.6 Å². The first kappa shape index (κ1) is 30.7. The minimum Gasteiger partial charge on any atom is -0.508 e. The van der Waals surface area contributed by atoms with Gasteiger partial charge in [-0.15, -0.1) is 0 Å². The van der Waals surface area contributed by atoms with Crippen LogP contribution in [-0.2, 0) is 27.2 Å². The number of aryl methyl sites for hydroxylation is 1. The first-order valence-electron chi connectivity index (χ1n) is 13.4. The van der Waals surface area contributed by atoms with Crippen LogP contribution < -0.4 is 10.6 Å². The second-order valence-corrected chi connectivity index (χ2v) is 10.3. The molecule has 208 valence electrons. The number of carbonyl (C=O) groups is 3. The van der Waals surface area contributed by atoms with Crippen LogP contribution in [0.3, 0.4) is 0 Å². The Labute approximate surface area is 226 Å². The van der Waals surface area contributed by atoms with Crippen molar-refractivity contribution in [2.75, 3.05) is 13.1 Å². The molecule has 0 aliphatic rings. The Morgan fingerprint density at radius 2 is 1.55 bits per heavy atom. The highest BCUT2D eigenvalue weighted by molar-refractivity contribution is 5.92. The van der Waals surface area contributed by atoms with Crippen LogP contribution in [0.2, 0.25) is 0 Å². The van der Waals surface area contributed by atoms with Crippen LogP contribution in [0.25, 0.3) is 0 Å². The maximum atomic E-state index is 14.0. The predicted octanol–water partition coefficient (Wildman–Crippen LogP) is 4.90. The number of phenolic OH excluding ortho intramolecular Hbond substituents is 1. The number of amides is 3. The van der Waals surface area contributed by atoms with Crippen molar-refractivity contribution in [1.82, 2.24) is 15.5 Å². The molecule has 0 saturated carbocycles. The number of likely N-dealkylation sites (N-methyl/N-ethyl adjacent to an activating group) is 1. The number of nitrogens with zero attached hydrogens (tertiary/aromatic N) is 1. The molecule has 2 aromatic carbocycles. The molecule has 0 saturated heterocycles. The molecule has 0 heterocycles. The van der Waals surface area contributed by atoms with Gasteiger partial charge in [0.1, 0.15) is 23.4 Å². The van der Waals surface area contributed by atoms with Gasteiger partial charge in [-0.25, -0.2) is 4.79 Å². The Balaban J connectivity index is 2.44. The number of carbonyl (C=O) groups excluding carboxylic acids is 3. The number of hydrogen-bond donors (Lipinski definition) is 3. The lowest BCUT2D eigenvalue weighted by Gasteiger charge is -2.34. The Morgan fingerprint density at radius 1 is 0.947 bits per heavy atom. The fourth-order valence-electron chi connectivity index (χ4n) is 4.08. The summed E-state index contributed by atoms with van der Waals surface area (Å²) < 4.78 is 5.43. The van der Waals surface area contributed by atoms with Gasteiger partial charge in [0.2, 0.25) is 11.8 Å². The second-order valence-electron chi connectivity index (χ2n) is 10.3. The molecule has 0 fully saturated rings. The third-order valence-electron chi connectivity index (χ3n) is 6.08. The highest BCUT2D eigenvalue weighted by atomic mass is 16.6. The summed E-state index contributed by atoms with van der Waals surface area (Å²) >= 11 is 0. The molecule has 8 nitrogen and oxygen atoms in total. The zero-order valence-corrected chi connectivity index (χ0v) is 23.5. The highest BCUT2D eigenvalue weighted by Crippen LogP contribution is 2.24. The summed E-state index contributed by atoms with van der Waals surface area (Å²) in [5.41, 5.74) is 1.82. The van der Waals surface area contributed by atoms with E-state index in [0.29, 0.717) is 12.1 Å². The molecule has 0 radical (unpaired) electrons. The molecule has 0 aromatic heterocycles. The van der Waals surface area contributed by atoms with Gasteiger partial charge in [-0.05, 0) is 69.4 Å². The number of nitrogens with one attached hydrogen (secondary N) is 2. The van der Waals surface area contributed by atoms with Gasteiger partial charge in [0.05, 0.1) is 0 Å². The van der Waals surface area contributed by atoms with Crippen LogP contribution in [0, 0.1) is 0 Å². The van der Waals surface area contributed by atoms with Crippen molar-refractivity contribution in [1.29, 1.82) is 0 Å². The summed E-state index contributed by atoms with van der Waals surface area (Å²) in [6.45, 7) is 11.9. The topological polar surface area (TPSA) is 108 Å².